The minimum Gasteiger partial charge on any atom is -0.475 e. The Morgan fingerprint density at radius 1 is 0.850 bits per heavy atom. The third-order valence-corrected chi connectivity index (χ3v) is 5.32. The molecule has 0 radical (unpaired) electrons. The SMILES string of the molecule is Cc1ccc2nc(C)c(C(=O)N3CCN(c4cnccn4)CC3)cc2c1.O=C(O)C(F)(F)F.O=C(O)C(F)(F)F. The van der Waals surface area contributed by atoms with Crippen molar-refractivity contribution in [1.29, 1.82) is 0 Å². The smallest absolute Gasteiger partial charge is 0.475 e. The summed E-state index contributed by atoms with van der Waals surface area (Å²) in [4.78, 5) is 48.0. The fourth-order valence-corrected chi connectivity index (χ4v) is 3.37. The second kappa shape index (κ2) is 13.0. The van der Waals surface area contributed by atoms with Gasteiger partial charge in [-0.15, -0.1) is 0 Å². The molecule has 1 aliphatic rings. The Hall–Kier alpha value is -4.50. The number of carbonyl (C=O) groups is 3. The minimum atomic E-state index is -5.08. The fourth-order valence-electron chi connectivity index (χ4n) is 3.37. The lowest BCUT2D eigenvalue weighted by molar-refractivity contribution is -0.193. The Morgan fingerprint density at radius 2 is 1.40 bits per heavy atom. The number of nitrogens with zero attached hydrogens (tertiary/aromatic N) is 5. The lowest BCUT2D eigenvalue weighted by Gasteiger charge is -2.35. The number of aromatic nitrogens is 3. The van der Waals surface area contributed by atoms with E-state index in [1.807, 2.05) is 36.9 Å². The van der Waals surface area contributed by atoms with E-state index in [4.69, 9.17) is 19.8 Å². The number of halogens is 6. The van der Waals surface area contributed by atoms with Crippen LogP contribution in [0.5, 0.6) is 0 Å². The maximum Gasteiger partial charge on any atom is 0.490 e. The number of amides is 1. The molecular formula is C24H23F6N5O5. The number of hydrogen-bond donors (Lipinski definition) is 2. The zero-order valence-corrected chi connectivity index (χ0v) is 21.0. The van der Waals surface area contributed by atoms with E-state index >= 15 is 0 Å². The van der Waals surface area contributed by atoms with Crippen LogP contribution in [-0.4, -0.2) is 86.4 Å². The number of benzene rings is 1. The zero-order chi connectivity index (χ0) is 30.3. The van der Waals surface area contributed by atoms with Gasteiger partial charge in [0.2, 0.25) is 0 Å². The molecule has 3 aromatic rings. The van der Waals surface area contributed by atoms with Crippen molar-refractivity contribution >= 4 is 34.6 Å². The second-order valence-corrected chi connectivity index (χ2v) is 8.27. The number of carboxylic acid groups (broad SMARTS) is 2. The Bertz CT molecular complexity index is 1320. The molecule has 0 bridgehead atoms. The molecule has 0 atom stereocenters. The number of anilines is 1. The Balaban J connectivity index is 0.000000333. The van der Waals surface area contributed by atoms with Gasteiger partial charge in [0.15, 0.2) is 0 Å². The summed E-state index contributed by atoms with van der Waals surface area (Å²) in [6.45, 7) is 6.80. The van der Waals surface area contributed by atoms with Crippen molar-refractivity contribution in [3.05, 3.63) is 59.7 Å². The van der Waals surface area contributed by atoms with Crippen molar-refractivity contribution in [2.45, 2.75) is 26.2 Å². The predicted octanol–water partition coefficient (Wildman–Crippen LogP) is 3.87. The lowest BCUT2D eigenvalue weighted by Crippen LogP contribution is -2.49. The number of aliphatic carboxylic acids is 2. The summed E-state index contributed by atoms with van der Waals surface area (Å²) in [5.41, 5.74) is 3.56. The third-order valence-electron chi connectivity index (χ3n) is 5.32. The summed E-state index contributed by atoms with van der Waals surface area (Å²) in [6.07, 6.45) is -5.04. The van der Waals surface area contributed by atoms with E-state index in [0.29, 0.717) is 18.7 Å². The van der Waals surface area contributed by atoms with Crippen LogP contribution in [0.1, 0.15) is 21.6 Å². The van der Waals surface area contributed by atoms with Gasteiger partial charge in [-0.05, 0) is 32.0 Å². The van der Waals surface area contributed by atoms with Gasteiger partial charge in [-0.3, -0.25) is 14.8 Å². The topological polar surface area (TPSA) is 137 Å². The first kappa shape index (κ1) is 31.7. The molecule has 40 heavy (non-hydrogen) atoms. The number of piperazine rings is 1. The normalized spacial score (nSPS) is 13.5. The predicted molar refractivity (Wildman–Crippen MR) is 129 cm³/mol. The van der Waals surface area contributed by atoms with Crippen molar-refractivity contribution in [1.82, 2.24) is 19.9 Å². The maximum atomic E-state index is 13.0. The summed E-state index contributed by atoms with van der Waals surface area (Å²) in [5, 5.41) is 15.3. The van der Waals surface area contributed by atoms with Gasteiger partial charge < -0.3 is 20.0 Å². The lowest BCUT2D eigenvalue weighted by atomic mass is 10.1. The van der Waals surface area contributed by atoms with Crippen LogP contribution in [0.2, 0.25) is 0 Å². The van der Waals surface area contributed by atoms with Gasteiger partial charge in [0.25, 0.3) is 5.91 Å². The standard InChI is InChI=1S/C20H21N5O.2C2HF3O2/c1-14-3-4-18-16(11-14)12-17(15(2)23-18)20(26)25-9-7-24(8-10-25)19-13-21-5-6-22-19;2*3-2(4,5)1(6)7/h3-6,11-13H,7-10H2,1-2H3;2*(H,6,7). The molecule has 3 heterocycles. The number of rotatable bonds is 2. The quantitative estimate of drug-likeness (QED) is 0.437. The highest BCUT2D eigenvalue weighted by atomic mass is 19.4. The summed E-state index contributed by atoms with van der Waals surface area (Å²) in [6, 6.07) is 8.10. The van der Waals surface area contributed by atoms with Crippen LogP contribution >= 0.6 is 0 Å². The number of carboxylic acids is 2. The van der Waals surface area contributed by atoms with Crippen LogP contribution in [0.3, 0.4) is 0 Å². The van der Waals surface area contributed by atoms with Crippen LogP contribution in [0.4, 0.5) is 32.2 Å². The van der Waals surface area contributed by atoms with Crippen molar-refractivity contribution in [3.63, 3.8) is 0 Å². The van der Waals surface area contributed by atoms with Crippen molar-refractivity contribution in [3.8, 4) is 0 Å². The average Bonchev–Trinajstić information content (AvgIpc) is 2.88. The van der Waals surface area contributed by atoms with Crippen LogP contribution in [0, 0.1) is 13.8 Å². The summed E-state index contributed by atoms with van der Waals surface area (Å²) in [5.74, 6) is -4.60. The van der Waals surface area contributed by atoms with Crippen LogP contribution < -0.4 is 4.90 Å². The Labute approximate surface area is 222 Å². The first-order chi connectivity index (χ1) is 18.5. The van der Waals surface area contributed by atoms with Crippen LogP contribution in [-0.2, 0) is 9.59 Å². The molecule has 2 aromatic heterocycles. The molecule has 1 aromatic carbocycles. The molecule has 1 saturated heterocycles. The summed E-state index contributed by atoms with van der Waals surface area (Å²) in [7, 11) is 0. The molecule has 16 heteroatoms. The minimum absolute atomic E-state index is 0.0530. The van der Waals surface area contributed by atoms with Crippen LogP contribution in [0.15, 0.2) is 42.9 Å². The largest absolute Gasteiger partial charge is 0.490 e. The van der Waals surface area contributed by atoms with E-state index in [1.54, 1.807) is 18.6 Å². The van der Waals surface area contributed by atoms with Gasteiger partial charge in [-0.1, -0.05) is 11.6 Å². The first-order valence-corrected chi connectivity index (χ1v) is 11.3. The molecule has 1 aliphatic heterocycles. The van der Waals surface area contributed by atoms with E-state index < -0.39 is 24.3 Å². The number of hydrogen-bond acceptors (Lipinski definition) is 7. The van der Waals surface area contributed by atoms with Gasteiger partial charge in [-0.2, -0.15) is 26.3 Å². The number of pyridine rings is 1. The van der Waals surface area contributed by atoms with Crippen molar-refractivity contribution in [2.24, 2.45) is 0 Å². The molecule has 0 saturated carbocycles. The van der Waals surface area contributed by atoms with Crippen molar-refractivity contribution in [2.75, 3.05) is 31.1 Å². The molecule has 216 valence electrons. The highest BCUT2D eigenvalue weighted by molar-refractivity contribution is 5.98. The molecule has 4 rings (SSSR count). The van der Waals surface area contributed by atoms with E-state index in [0.717, 1.165) is 35.5 Å². The third kappa shape index (κ3) is 9.06. The molecule has 1 fully saturated rings. The zero-order valence-electron chi connectivity index (χ0n) is 21.0. The number of carbonyl (C=O) groups excluding carboxylic acids is 1. The number of alkyl halides is 6. The Morgan fingerprint density at radius 3 is 1.88 bits per heavy atom. The van der Waals surface area contributed by atoms with Crippen molar-refractivity contribution < 1.29 is 50.9 Å². The Kier molecular flexibility index (Phi) is 10.3. The molecule has 10 nitrogen and oxygen atoms in total. The molecule has 0 aliphatic carbocycles. The molecule has 1 amide bonds. The van der Waals surface area contributed by atoms with Gasteiger partial charge in [0.05, 0.1) is 23.0 Å². The number of aryl methyl sites for hydroxylation is 2. The molecular weight excluding hydrogens is 552 g/mol. The number of fused-ring (bicyclic) bond motifs is 1. The van der Waals surface area contributed by atoms with E-state index in [1.165, 1.54) is 5.56 Å². The van der Waals surface area contributed by atoms with Gasteiger partial charge >= 0.3 is 24.3 Å². The summed E-state index contributed by atoms with van der Waals surface area (Å²) >= 11 is 0. The van der Waals surface area contributed by atoms with E-state index in [-0.39, 0.29) is 5.91 Å². The van der Waals surface area contributed by atoms with Crippen LogP contribution in [0.25, 0.3) is 10.9 Å². The van der Waals surface area contributed by atoms with Gasteiger partial charge in [0, 0.05) is 44.0 Å². The maximum absolute atomic E-state index is 13.0. The van der Waals surface area contributed by atoms with Gasteiger partial charge in [-0.25, -0.2) is 14.6 Å². The fraction of sp³-hybridized carbons (Fsp3) is 0.333. The monoisotopic (exact) mass is 575 g/mol. The molecule has 0 unspecified atom stereocenters. The molecule has 2 N–H and O–H groups in total. The van der Waals surface area contributed by atoms with Gasteiger partial charge in [0.1, 0.15) is 5.82 Å². The second-order valence-electron chi connectivity index (χ2n) is 8.27. The molecule has 0 spiro atoms. The van der Waals surface area contributed by atoms with E-state index in [2.05, 4.69) is 25.9 Å². The highest BCUT2D eigenvalue weighted by Gasteiger charge is 2.38. The highest BCUT2D eigenvalue weighted by Crippen LogP contribution is 2.21. The van der Waals surface area contributed by atoms with E-state index in [9.17, 15) is 31.1 Å². The average molecular weight is 575 g/mol. The first-order valence-electron chi connectivity index (χ1n) is 11.3. The summed E-state index contributed by atoms with van der Waals surface area (Å²) < 4.78 is 63.5.